The second-order valence-electron chi connectivity index (χ2n) is 4.35. The molecule has 5 heteroatoms. The number of nitrogen functional groups attached to an aromatic ring is 2. The van der Waals surface area contributed by atoms with Gasteiger partial charge in [-0.3, -0.25) is 11.7 Å². The number of nitrogens with one attached hydrogen (secondary N) is 2. The second kappa shape index (κ2) is 6.43. The van der Waals surface area contributed by atoms with Crippen LogP contribution < -0.4 is 22.5 Å². The summed E-state index contributed by atoms with van der Waals surface area (Å²) in [7, 11) is 0. The maximum Gasteiger partial charge on any atom is 0.0514 e. The highest BCUT2D eigenvalue weighted by Gasteiger charge is 2.03. The summed E-state index contributed by atoms with van der Waals surface area (Å²) in [5.74, 6) is 10.9. The van der Waals surface area contributed by atoms with Crippen molar-refractivity contribution in [3.8, 4) is 11.1 Å². The minimum absolute atomic E-state index is 0. The summed E-state index contributed by atoms with van der Waals surface area (Å²) in [4.78, 5) is 0. The Morgan fingerprint density at radius 2 is 1.11 bits per heavy atom. The summed E-state index contributed by atoms with van der Waals surface area (Å²) in [5.41, 5.74) is 11.8. The van der Waals surface area contributed by atoms with Crippen molar-refractivity contribution in [2.75, 3.05) is 10.9 Å². The van der Waals surface area contributed by atoms with E-state index in [1.807, 2.05) is 38.1 Å². The zero-order valence-electron chi connectivity index (χ0n) is 11.0. The normalized spacial score (nSPS) is 9.68. The predicted molar refractivity (Wildman–Crippen MR) is 84.2 cm³/mol. The number of aryl methyl sites for hydroxylation is 2. The lowest BCUT2D eigenvalue weighted by atomic mass is 10.00. The third-order valence-corrected chi connectivity index (χ3v) is 3.10. The van der Waals surface area contributed by atoms with Gasteiger partial charge in [-0.05, 0) is 60.4 Å². The molecule has 19 heavy (non-hydrogen) atoms. The fraction of sp³-hybridized carbons (Fsp3) is 0.143. The van der Waals surface area contributed by atoms with Gasteiger partial charge in [-0.25, -0.2) is 0 Å². The lowest BCUT2D eigenvalue weighted by Crippen LogP contribution is -2.08. The molecule has 0 atom stereocenters. The van der Waals surface area contributed by atoms with Gasteiger partial charge in [-0.1, -0.05) is 12.1 Å². The first-order chi connectivity index (χ1) is 8.65. The second-order valence-corrected chi connectivity index (χ2v) is 4.35. The number of rotatable bonds is 3. The van der Waals surface area contributed by atoms with E-state index in [-0.39, 0.29) is 12.4 Å². The third kappa shape index (κ3) is 3.17. The quantitative estimate of drug-likeness (QED) is 0.514. The van der Waals surface area contributed by atoms with Crippen molar-refractivity contribution in [1.82, 2.24) is 0 Å². The monoisotopic (exact) mass is 278 g/mol. The first-order valence-corrected chi connectivity index (χ1v) is 5.80. The summed E-state index contributed by atoms with van der Waals surface area (Å²) in [6.07, 6.45) is 0. The molecule has 2 rings (SSSR count). The molecule has 6 N–H and O–H groups in total. The van der Waals surface area contributed by atoms with Gasteiger partial charge in [-0.15, -0.1) is 12.4 Å². The highest BCUT2D eigenvalue weighted by molar-refractivity contribution is 5.85. The molecule has 0 radical (unpaired) electrons. The number of hydrogen-bond donors (Lipinski definition) is 4. The van der Waals surface area contributed by atoms with Gasteiger partial charge in [0.2, 0.25) is 0 Å². The van der Waals surface area contributed by atoms with E-state index in [0.29, 0.717) is 0 Å². The van der Waals surface area contributed by atoms with Crippen LogP contribution in [0.5, 0.6) is 0 Å². The van der Waals surface area contributed by atoms with Crippen LogP contribution in [0, 0.1) is 13.8 Å². The molecule has 0 saturated carbocycles. The van der Waals surface area contributed by atoms with Gasteiger partial charge in [0.05, 0.1) is 11.4 Å². The van der Waals surface area contributed by atoms with Crippen LogP contribution in [0.1, 0.15) is 11.1 Å². The molecule has 4 nitrogen and oxygen atoms in total. The number of hydrogen-bond acceptors (Lipinski definition) is 4. The van der Waals surface area contributed by atoms with E-state index in [1.54, 1.807) is 0 Å². The summed E-state index contributed by atoms with van der Waals surface area (Å²) < 4.78 is 0. The molecule has 0 aliphatic heterocycles. The van der Waals surface area contributed by atoms with Crippen molar-refractivity contribution in [2.45, 2.75) is 13.8 Å². The van der Waals surface area contributed by atoms with Crippen LogP contribution in [0.3, 0.4) is 0 Å². The van der Waals surface area contributed by atoms with Crippen LogP contribution in [0.2, 0.25) is 0 Å². The van der Waals surface area contributed by atoms with Gasteiger partial charge < -0.3 is 10.9 Å². The minimum Gasteiger partial charge on any atom is -0.324 e. The van der Waals surface area contributed by atoms with Crippen LogP contribution in [-0.4, -0.2) is 0 Å². The van der Waals surface area contributed by atoms with Crippen LogP contribution in [0.25, 0.3) is 11.1 Å². The molecule has 0 aromatic heterocycles. The molecule has 0 saturated heterocycles. The maximum atomic E-state index is 5.43. The van der Waals surface area contributed by atoms with Gasteiger partial charge >= 0.3 is 0 Å². The summed E-state index contributed by atoms with van der Waals surface area (Å²) >= 11 is 0. The minimum atomic E-state index is 0. The smallest absolute Gasteiger partial charge is 0.0514 e. The Balaban J connectivity index is 0.00000180. The Bertz CT molecular complexity index is 518. The number of halogens is 1. The van der Waals surface area contributed by atoms with Crippen molar-refractivity contribution in [2.24, 2.45) is 11.7 Å². The van der Waals surface area contributed by atoms with E-state index in [4.69, 9.17) is 11.7 Å². The van der Waals surface area contributed by atoms with Gasteiger partial charge in [-0.2, -0.15) is 0 Å². The summed E-state index contributed by atoms with van der Waals surface area (Å²) in [6.45, 7) is 4.06. The van der Waals surface area contributed by atoms with Crippen molar-refractivity contribution in [3.05, 3.63) is 47.5 Å². The molecule has 0 bridgehead atoms. The fourth-order valence-corrected chi connectivity index (χ4v) is 2.01. The molecule has 0 spiro atoms. The van der Waals surface area contributed by atoms with Gasteiger partial charge in [0.25, 0.3) is 0 Å². The van der Waals surface area contributed by atoms with Crippen LogP contribution in [-0.2, 0) is 0 Å². The van der Waals surface area contributed by atoms with E-state index < -0.39 is 0 Å². The molecule has 0 heterocycles. The molecular weight excluding hydrogens is 260 g/mol. The number of anilines is 2. The van der Waals surface area contributed by atoms with Crippen LogP contribution >= 0.6 is 12.4 Å². The first kappa shape index (κ1) is 15.3. The Morgan fingerprint density at radius 1 is 0.737 bits per heavy atom. The predicted octanol–water partition coefficient (Wildman–Crippen LogP) is 2.96. The van der Waals surface area contributed by atoms with E-state index >= 15 is 0 Å². The zero-order chi connectivity index (χ0) is 13.1. The number of nitrogens with two attached hydrogens (primary N) is 2. The SMILES string of the molecule is Cc1cc(-c2ccc(NN)c(C)c2)ccc1NN.Cl. The first-order valence-electron chi connectivity index (χ1n) is 5.80. The van der Waals surface area contributed by atoms with Crippen molar-refractivity contribution < 1.29 is 0 Å². The number of hydrazine groups is 2. The summed E-state index contributed by atoms with van der Waals surface area (Å²) in [6, 6.07) is 12.3. The van der Waals surface area contributed by atoms with E-state index in [2.05, 4.69) is 23.0 Å². The molecule has 2 aromatic rings. The topological polar surface area (TPSA) is 76.1 Å². The molecule has 0 amide bonds. The number of benzene rings is 2. The third-order valence-electron chi connectivity index (χ3n) is 3.10. The highest BCUT2D eigenvalue weighted by atomic mass is 35.5. The molecule has 102 valence electrons. The molecule has 0 fully saturated rings. The Kier molecular flexibility index (Phi) is 5.18. The van der Waals surface area contributed by atoms with E-state index in [9.17, 15) is 0 Å². The molecule has 0 unspecified atom stereocenters. The van der Waals surface area contributed by atoms with Gasteiger partial charge in [0, 0.05) is 0 Å². The Morgan fingerprint density at radius 3 is 1.37 bits per heavy atom. The largest absolute Gasteiger partial charge is 0.324 e. The lowest BCUT2D eigenvalue weighted by molar-refractivity contribution is 1.30. The standard InChI is InChI=1S/C14H18N4.ClH/c1-9-7-11(3-5-13(9)17-15)12-4-6-14(18-16)10(2)8-12;/h3-8,17-18H,15-16H2,1-2H3;1H. The van der Waals surface area contributed by atoms with Gasteiger partial charge in [0.1, 0.15) is 0 Å². The molecule has 2 aromatic carbocycles. The van der Waals surface area contributed by atoms with Crippen LogP contribution in [0.15, 0.2) is 36.4 Å². The van der Waals surface area contributed by atoms with Crippen molar-refractivity contribution in [3.63, 3.8) is 0 Å². The molecule has 0 aliphatic rings. The highest BCUT2D eigenvalue weighted by Crippen LogP contribution is 2.27. The Labute approximate surface area is 119 Å². The average Bonchev–Trinajstić information content (AvgIpc) is 2.38. The lowest BCUT2D eigenvalue weighted by Gasteiger charge is -2.10. The van der Waals surface area contributed by atoms with E-state index in [1.165, 1.54) is 0 Å². The average molecular weight is 279 g/mol. The maximum absolute atomic E-state index is 5.43. The Hall–Kier alpha value is -1.75. The zero-order valence-corrected chi connectivity index (χ0v) is 11.8. The molecule has 0 aliphatic carbocycles. The van der Waals surface area contributed by atoms with Gasteiger partial charge in [0.15, 0.2) is 0 Å². The fourth-order valence-electron chi connectivity index (χ4n) is 2.01. The van der Waals surface area contributed by atoms with Crippen molar-refractivity contribution >= 4 is 23.8 Å². The van der Waals surface area contributed by atoms with Crippen molar-refractivity contribution in [1.29, 1.82) is 0 Å². The van der Waals surface area contributed by atoms with Crippen LogP contribution in [0.4, 0.5) is 11.4 Å². The molecular formula is C14H19ClN4. The summed E-state index contributed by atoms with van der Waals surface area (Å²) in [5, 5.41) is 0. The van der Waals surface area contributed by atoms with E-state index in [0.717, 1.165) is 33.6 Å².